The number of amides is 2. The summed E-state index contributed by atoms with van der Waals surface area (Å²) in [4.78, 5) is 37.9. The topological polar surface area (TPSA) is 87.7 Å². The van der Waals surface area contributed by atoms with Gasteiger partial charge in [0.25, 0.3) is 5.91 Å². The minimum atomic E-state index is -0.517. The van der Waals surface area contributed by atoms with E-state index in [4.69, 9.17) is 4.74 Å². The van der Waals surface area contributed by atoms with Crippen LogP contribution in [0.3, 0.4) is 0 Å². The Balaban J connectivity index is 1.20. The molecule has 8 nitrogen and oxygen atoms in total. The van der Waals surface area contributed by atoms with E-state index < -0.39 is 5.60 Å². The predicted molar refractivity (Wildman–Crippen MR) is 132 cm³/mol. The van der Waals surface area contributed by atoms with Crippen LogP contribution in [0.2, 0.25) is 0 Å². The van der Waals surface area contributed by atoms with Gasteiger partial charge in [-0.15, -0.1) is 0 Å². The zero-order valence-electron chi connectivity index (χ0n) is 19.6. The van der Waals surface area contributed by atoms with E-state index in [1.165, 1.54) is 5.56 Å². The predicted octanol–water partition coefficient (Wildman–Crippen LogP) is 4.28. The van der Waals surface area contributed by atoms with Gasteiger partial charge >= 0.3 is 6.09 Å². The molecule has 2 saturated heterocycles. The van der Waals surface area contributed by atoms with Crippen molar-refractivity contribution in [2.45, 2.75) is 31.3 Å². The molecule has 2 fully saturated rings. The number of nitrogens with one attached hydrogen (secondary N) is 1. The highest BCUT2D eigenvalue weighted by Gasteiger charge is 2.45. The molecule has 8 heteroatoms. The van der Waals surface area contributed by atoms with E-state index in [1.807, 2.05) is 52.3 Å². The van der Waals surface area contributed by atoms with Crippen molar-refractivity contribution >= 4 is 23.6 Å². The van der Waals surface area contributed by atoms with Crippen LogP contribution >= 0.6 is 0 Å². The molecule has 0 radical (unpaired) electrons. The third-order valence-electron chi connectivity index (χ3n) is 6.67. The van der Waals surface area contributed by atoms with Crippen molar-refractivity contribution in [3.8, 4) is 0 Å². The van der Waals surface area contributed by atoms with E-state index >= 15 is 0 Å². The summed E-state index contributed by atoms with van der Waals surface area (Å²) in [5.74, 6) is 0.457. The van der Waals surface area contributed by atoms with E-state index in [0.29, 0.717) is 44.1 Å². The number of aromatic nitrogens is 2. The average Bonchev–Trinajstić information content (AvgIpc) is 3.06. The maximum absolute atomic E-state index is 13.3. The van der Waals surface area contributed by atoms with Crippen molar-refractivity contribution in [1.82, 2.24) is 19.8 Å². The lowest BCUT2D eigenvalue weighted by atomic mass is 9.95. The van der Waals surface area contributed by atoms with Crippen LogP contribution in [0.25, 0.3) is 0 Å². The second kappa shape index (κ2) is 10.1. The first-order chi connectivity index (χ1) is 17.1. The van der Waals surface area contributed by atoms with Crippen molar-refractivity contribution in [2.75, 3.05) is 31.5 Å². The zero-order chi connectivity index (χ0) is 24.1. The molecule has 180 valence electrons. The van der Waals surface area contributed by atoms with Crippen LogP contribution in [0.1, 0.15) is 35.2 Å². The highest BCUT2D eigenvalue weighted by Crippen LogP contribution is 2.34. The fourth-order valence-corrected chi connectivity index (χ4v) is 4.81. The minimum absolute atomic E-state index is 0.0232. The summed E-state index contributed by atoms with van der Waals surface area (Å²) >= 11 is 0. The first-order valence-electron chi connectivity index (χ1n) is 12.1. The number of carbonyl (C=O) groups is 2. The molecule has 1 N–H and O–H groups in total. The average molecular weight is 472 g/mol. The molecule has 1 atom stereocenters. The number of nitrogens with zero attached hydrogens (tertiary/aromatic N) is 4. The Labute approximate surface area is 204 Å². The van der Waals surface area contributed by atoms with Crippen LogP contribution in [0.5, 0.6) is 0 Å². The van der Waals surface area contributed by atoms with Crippen molar-refractivity contribution < 1.29 is 14.3 Å². The van der Waals surface area contributed by atoms with E-state index in [1.54, 1.807) is 18.5 Å². The SMILES string of the molecule is O=C1O[C@@]2(CCCN(C(=O)c3cccc(Nc4ncccn4)c3)CC2)CN1CCc1ccccc1. The molecule has 2 aliphatic rings. The highest BCUT2D eigenvalue weighted by molar-refractivity contribution is 5.95. The first kappa shape index (κ1) is 22.8. The van der Waals surface area contributed by atoms with E-state index in [0.717, 1.165) is 24.9 Å². The zero-order valence-corrected chi connectivity index (χ0v) is 19.6. The van der Waals surface area contributed by atoms with E-state index in [2.05, 4.69) is 27.4 Å². The summed E-state index contributed by atoms with van der Waals surface area (Å²) in [6, 6.07) is 19.3. The number of carbonyl (C=O) groups excluding carboxylic acids is 2. The molecule has 5 rings (SSSR count). The quantitative estimate of drug-likeness (QED) is 0.577. The van der Waals surface area contributed by atoms with Gasteiger partial charge < -0.3 is 19.9 Å². The Morgan fingerprint density at radius 1 is 1.00 bits per heavy atom. The van der Waals surface area contributed by atoms with Gasteiger partial charge in [-0.2, -0.15) is 0 Å². The third-order valence-corrected chi connectivity index (χ3v) is 6.67. The molecule has 35 heavy (non-hydrogen) atoms. The Morgan fingerprint density at radius 2 is 1.83 bits per heavy atom. The normalized spacial score (nSPS) is 19.9. The second-order valence-electron chi connectivity index (χ2n) is 9.13. The van der Waals surface area contributed by atoms with Crippen LogP contribution in [0.15, 0.2) is 73.1 Å². The van der Waals surface area contributed by atoms with Gasteiger partial charge in [-0.1, -0.05) is 36.4 Å². The lowest BCUT2D eigenvalue weighted by molar-refractivity contribution is 0.0438. The Kier molecular flexibility index (Phi) is 6.61. The summed E-state index contributed by atoms with van der Waals surface area (Å²) in [5, 5.41) is 3.13. The van der Waals surface area contributed by atoms with E-state index in [-0.39, 0.29) is 12.0 Å². The van der Waals surface area contributed by atoms with Crippen molar-refractivity contribution in [3.05, 3.63) is 84.2 Å². The summed E-state index contributed by atoms with van der Waals surface area (Å²) in [6.07, 6.45) is 6.07. The maximum Gasteiger partial charge on any atom is 0.410 e. The number of hydrogen-bond acceptors (Lipinski definition) is 6. The van der Waals surface area contributed by atoms with Crippen LogP contribution in [0, 0.1) is 0 Å². The van der Waals surface area contributed by atoms with Crippen LogP contribution in [-0.2, 0) is 11.2 Å². The summed E-state index contributed by atoms with van der Waals surface area (Å²) < 4.78 is 5.92. The first-order valence-corrected chi connectivity index (χ1v) is 12.1. The van der Waals surface area contributed by atoms with Gasteiger partial charge in [0.1, 0.15) is 5.60 Å². The van der Waals surface area contributed by atoms with Gasteiger partial charge in [0, 0.05) is 49.7 Å². The molecule has 1 spiro atoms. The molecule has 0 aliphatic carbocycles. The Bertz CT molecular complexity index is 1170. The number of anilines is 2. The monoisotopic (exact) mass is 471 g/mol. The fraction of sp³-hybridized carbons (Fsp3) is 0.333. The van der Waals surface area contributed by atoms with Gasteiger partial charge in [0.05, 0.1) is 6.54 Å². The summed E-state index contributed by atoms with van der Waals surface area (Å²) in [6.45, 7) is 2.41. The van der Waals surface area contributed by atoms with Crippen LogP contribution in [0.4, 0.5) is 16.4 Å². The van der Waals surface area contributed by atoms with Gasteiger partial charge in [-0.05, 0) is 49.1 Å². The molecule has 0 saturated carbocycles. The van der Waals surface area contributed by atoms with Crippen molar-refractivity contribution in [1.29, 1.82) is 0 Å². The van der Waals surface area contributed by atoms with Gasteiger partial charge in [0.2, 0.25) is 5.95 Å². The molecule has 2 aromatic carbocycles. The molecular formula is C27H29N5O3. The summed E-state index contributed by atoms with van der Waals surface area (Å²) in [7, 11) is 0. The van der Waals surface area contributed by atoms with Crippen molar-refractivity contribution in [2.24, 2.45) is 0 Å². The van der Waals surface area contributed by atoms with Gasteiger partial charge in [0.15, 0.2) is 0 Å². The molecule has 0 bridgehead atoms. The maximum atomic E-state index is 13.3. The number of likely N-dealkylation sites (tertiary alicyclic amines) is 1. The Hall–Kier alpha value is -3.94. The molecule has 0 unspecified atom stereocenters. The van der Waals surface area contributed by atoms with Gasteiger partial charge in [-0.3, -0.25) is 4.79 Å². The molecule has 3 aromatic rings. The lowest BCUT2D eigenvalue weighted by Crippen LogP contribution is -2.37. The molecule has 1 aromatic heterocycles. The lowest BCUT2D eigenvalue weighted by Gasteiger charge is -2.25. The number of hydrogen-bond donors (Lipinski definition) is 1. The molecular weight excluding hydrogens is 442 g/mol. The number of rotatable bonds is 6. The van der Waals surface area contributed by atoms with Crippen LogP contribution in [-0.4, -0.2) is 63.5 Å². The molecule has 3 heterocycles. The number of ether oxygens (including phenoxy) is 1. The van der Waals surface area contributed by atoms with Gasteiger partial charge in [-0.25, -0.2) is 14.8 Å². The minimum Gasteiger partial charge on any atom is -0.441 e. The molecule has 2 aliphatic heterocycles. The fourth-order valence-electron chi connectivity index (χ4n) is 4.81. The molecule has 2 amide bonds. The summed E-state index contributed by atoms with van der Waals surface area (Å²) in [5.41, 5.74) is 2.05. The smallest absolute Gasteiger partial charge is 0.410 e. The largest absolute Gasteiger partial charge is 0.441 e. The second-order valence-corrected chi connectivity index (χ2v) is 9.13. The number of benzene rings is 2. The Morgan fingerprint density at radius 3 is 2.66 bits per heavy atom. The standard InChI is InChI=1S/C27H29N5O3/c33-24(22-9-4-10-23(19-22)30-25-28-14-6-15-29-25)31-16-5-12-27(13-18-31)20-32(26(34)35-27)17-11-21-7-2-1-3-8-21/h1-4,6-10,14-15,19H,5,11-13,16-18,20H2,(H,28,29,30)/t27-/m1/s1. The highest BCUT2D eigenvalue weighted by atomic mass is 16.6. The van der Waals surface area contributed by atoms with E-state index in [9.17, 15) is 9.59 Å². The third kappa shape index (κ3) is 5.42. The van der Waals surface area contributed by atoms with Crippen LogP contribution < -0.4 is 5.32 Å². The van der Waals surface area contributed by atoms with Crippen molar-refractivity contribution in [3.63, 3.8) is 0 Å².